The van der Waals surface area contributed by atoms with E-state index in [1.807, 2.05) is 0 Å². The first-order valence-electron chi connectivity index (χ1n) is 5.60. The van der Waals surface area contributed by atoms with Gasteiger partial charge in [0.05, 0.1) is 12.1 Å². The second-order valence-corrected chi connectivity index (χ2v) is 4.02. The summed E-state index contributed by atoms with van der Waals surface area (Å²) in [4.78, 5) is 24.1. The van der Waals surface area contributed by atoms with Crippen molar-refractivity contribution in [3.05, 3.63) is 24.3 Å². The largest absolute Gasteiger partial charge is 0.489 e. The molecule has 0 saturated heterocycles. The molecule has 6 heteroatoms. The van der Waals surface area contributed by atoms with Gasteiger partial charge in [-0.2, -0.15) is 0 Å². The number of carboxylic acid groups (broad SMARTS) is 1. The molecule has 0 spiro atoms. The second kappa shape index (κ2) is 5.05. The van der Waals surface area contributed by atoms with Gasteiger partial charge >= 0.3 is 5.97 Å². The molecule has 0 aromatic heterocycles. The Bertz CT molecular complexity index is 475. The third-order valence-corrected chi connectivity index (χ3v) is 2.71. The Hall–Kier alpha value is -2.08. The normalized spacial score (nSPS) is 18.8. The Morgan fingerprint density at radius 2 is 2.22 bits per heavy atom. The Balaban J connectivity index is 2.32. The first-order chi connectivity index (χ1) is 8.59. The Kier molecular flexibility index (Phi) is 3.47. The second-order valence-electron chi connectivity index (χ2n) is 4.02. The van der Waals surface area contributed by atoms with E-state index < -0.39 is 12.0 Å². The van der Waals surface area contributed by atoms with E-state index in [4.69, 9.17) is 15.6 Å². The summed E-state index contributed by atoms with van der Waals surface area (Å²) in [6.45, 7) is 0.182. The van der Waals surface area contributed by atoms with Crippen LogP contribution in [-0.4, -0.2) is 36.2 Å². The summed E-state index contributed by atoms with van der Waals surface area (Å²) in [5, 5.41) is 8.71. The maximum atomic E-state index is 12.0. The Morgan fingerprint density at radius 3 is 2.94 bits per heavy atom. The summed E-state index contributed by atoms with van der Waals surface area (Å²) in [6.07, 6.45) is -0.132. The number of anilines is 1. The number of nitrogens with two attached hydrogens (primary N) is 1. The molecule has 1 aliphatic heterocycles. The van der Waals surface area contributed by atoms with Crippen molar-refractivity contribution in [2.45, 2.75) is 12.5 Å². The number of nitrogens with zero attached hydrogens (tertiary/aromatic N) is 1. The number of benzene rings is 1. The van der Waals surface area contributed by atoms with Gasteiger partial charge < -0.3 is 20.5 Å². The first kappa shape index (κ1) is 12.4. The molecule has 1 aromatic rings. The van der Waals surface area contributed by atoms with Gasteiger partial charge in [0, 0.05) is 6.54 Å². The van der Waals surface area contributed by atoms with Crippen molar-refractivity contribution < 1.29 is 19.4 Å². The van der Waals surface area contributed by atoms with Gasteiger partial charge in [0.25, 0.3) is 0 Å². The first-order valence-corrected chi connectivity index (χ1v) is 5.60. The molecule has 1 aliphatic rings. The summed E-state index contributed by atoms with van der Waals surface area (Å²) in [5.74, 6) is -0.732. The number of para-hydroxylation sites is 2. The van der Waals surface area contributed by atoms with E-state index in [9.17, 15) is 9.59 Å². The van der Waals surface area contributed by atoms with E-state index in [2.05, 4.69) is 0 Å². The zero-order chi connectivity index (χ0) is 13.1. The van der Waals surface area contributed by atoms with Crippen molar-refractivity contribution in [3.8, 4) is 5.75 Å². The van der Waals surface area contributed by atoms with E-state index in [1.165, 1.54) is 4.90 Å². The molecular formula is C12H14N2O4. The van der Waals surface area contributed by atoms with Crippen LogP contribution in [0.3, 0.4) is 0 Å². The maximum absolute atomic E-state index is 12.0. The van der Waals surface area contributed by atoms with E-state index >= 15 is 0 Å². The average Bonchev–Trinajstić information content (AvgIpc) is 2.47. The highest BCUT2D eigenvalue weighted by Gasteiger charge is 2.28. The monoisotopic (exact) mass is 250 g/mol. The fourth-order valence-electron chi connectivity index (χ4n) is 1.81. The van der Waals surface area contributed by atoms with Crippen LogP contribution in [0.5, 0.6) is 5.75 Å². The predicted octanol–water partition coefficient (Wildman–Crippen LogP) is 0.214. The molecule has 2 rings (SSSR count). The smallest absolute Gasteiger partial charge is 0.305 e. The van der Waals surface area contributed by atoms with E-state index in [-0.39, 0.29) is 25.5 Å². The van der Waals surface area contributed by atoms with Crippen LogP contribution >= 0.6 is 0 Å². The number of hydrogen-bond acceptors (Lipinski definition) is 4. The van der Waals surface area contributed by atoms with Gasteiger partial charge in [0.15, 0.2) is 0 Å². The third-order valence-electron chi connectivity index (χ3n) is 2.71. The van der Waals surface area contributed by atoms with Crippen LogP contribution in [0, 0.1) is 0 Å². The molecule has 3 N–H and O–H groups in total. The molecule has 0 aliphatic carbocycles. The van der Waals surface area contributed by atoms with Crippen LogP contribution in [0.2, 0.25) is 0 Å². The minimum absolute atomic E-state index is 0.0856. The topological polar surface area (TPSA) is 92.9 Å². The average molecular weight is 250 g/mol. The zero-order valence-electron chi connectivity index (χ0n) is 9.70. The van der Waals surface area contributed by atoms with Gasteiger partial charge in [-0.05, 0) is 12.1 Å². The SMILES string of the molecule is N[C@H]1COc2ccccc2N(CCC(=O)O)C1=O. The highest BCUT2D eigenvalue weighted by molar-refractivity contribution is 5.99. The molecule has 1 heterocycles. The number of amides is 1. The fourth-order valence-corrected chi connectivity index (χ4v) is 1.81. The molecule has 18 heavy (non-hydrogen) atoms. The van der Waals surface area contributed by atoms with Crippen molar-refractivity contribution in [1.29, 1.82) is 0 Å². The summed E-state index contributed by atoms with van der Waals surface area (Å²) in [6, 6.07) is 6.23. The van der Waals surface area contributed by atoms with Gasteiger partial charge in [0.2, 0.25) is 5.91 Å². The zero-order valence-corrected chi connectivity index (χ0v) is 9.70. The van der Waals surface area contributed by atoms with Crippen molar-refractivity contribution >= 4 is 17.6 Å². The quantitative estimate of drug-likeness (QED) is 0.800. The number of hydrogen-bond donors (Lipinski definition) is 2. The van der Waals surface area contributed by atoms with Crippen LogP contribution in [0.1, 0.15) is 6.42 Å². The van der Waals surface area contributed by atoms with Crippen LogP contribution in [0.15, 0.2) is 24.3 Å². The fraction of sp³-hybridized carbons (Fsp3) is 0.333. The number of fused-ring (bicyclic) bond motifs is 1. The van der Waals surface area contributed by atoms with Gasteiger partial charge in [-0.1, -0.05) is 12.1 Å². The van der Waals surface area contributed by atoms with Crippen molar-refractivity contribution in [2.24, 2.45) is 5.73 Å². The molecule has 1 aromatic carbocycles. The van der Waals surface area contributed by atoms with Gasteiger partial charge in [-0.15, -0.1) is 0 Å². The maximum Gasteiger partial charge on any atom is 0.305 e. The Morgan fingerprint density at radius 1 is 1.50 bits per heavy atom. The number of ether oxygens (including phenoxy) is 1. The summed E-state index contributed by atoms with van der Waals surface area (Å²) < 4.78 is 5.43. The summed E-state index contributed by atoms with van der Waals surface area (Å²) >= 11 is 0. The molecular weight excluding hydrogens is 236 g/mol. The lowest BCUT2D eigenvalue weighted by molar-refractivity contribution is -0.136. The van der Waals surface area contributed by atoms with Crippen LogP contribution < -0.4 is 15.4 Å². The predicted molar refractivity (Wildman–Crippen MR) is 64.5 cm³/mol. The van der Waals surface area contributed by atoms with E-state index in [1.54, 1.807) is 24.3 Å². The highest BCUT2D eigenvalue weighted by atomic mass is 16.5. The molecule has 0 saturated carbocycles. The lowest BCUT2D eigenvalue weighted by Gasteiger charge is -2.22. The molecule has 0 fully saturated rings. The van der Waals surface area contributed by atoms with Gasteiger partial charge in [-0.3, -0.25) is 9.59 Å². The molecule has 1 atom stereocenters. The summed E-state index contributed by atoms with van der Waals surface area (Å²) in [7, 11) is 0. The highest BCUT2D eigenvalue weighted by Crippen LogP contribution is 2.30. The van der Waals surface area contributed by atoms with Gasteiger partial charge in [0.1, 0.15) is 18.4 Å². The lowest BCUT2D eigenvalue weighted by Crippen LogP contribution is -2.46. The van der Waals surface area contributed by atoms with Gasteiger partial charge in [-0.25, -0.2) is 0 Å². The van der Waals surface area contributed by atoms with Crippen molar-refractivity contribution in [1.82, 2.24) is 0 Å². The van der Waals surface area contributed by atoms with Crippen molar-refractivity contribution in [2.75, 3.05) is 18.1 Å². The number of rotatable bonds is 3. The molecule has 0 bridgehead atoms. The standard InChI is InChI=1S/C12H14N2O4/c13-8-7-18-10-4-2-1-3-9(10)14(12(8)17)6-5-11(15)16/h1-4,8H,5-7,13H2,(H,15,16)/t8-/m0/s1. The number of carboxylic acids is 1. The van der Waals surface area contributed by atoms with Crippen LogP contribution in [-0.2, 0) is 9.59 Å². The molecule has 0 unspecified atom stereocenters. The number of carbonyl (C=O) groups excluding carboxylic acids is 1. The van der Waals surface area contributed by atoms with Crippen LogP contribution in [0.25, 0.3) is 0 Å². The number of carbonyl (C=O) groups is 2. The third kappa shape index (κ3) is 2.43. The minimum Gasteiger partial charge on any atom is -0.489 e. The minimum atomic E-state index is -0.959. The molecule has 0 radical (unpaired) electrons. The molecule has 6 nitrogen and oxygen atoms in total. The number of aliphatic carboxylic acids is 1. The van der Waals surface area contributed by atoms with E-state index in [0.29, 0.717) is 11.4 Å². The molecule has 1 amide bonds. The van der Waals surface area contributed by atoms with Crippen LogP contribution in [0.4, 0.5) is 5.69 Å². The van der Waals surface area contributed by atoms with Crippen molar-refractivity contribution in [3.63, 3.8) is 0 Å². The Labute approximate surface area is 104 Å². The molecule has 96 valence electrons. The van der Waals surface area contributed by atoms with E-state index in [0.717, 1.165) is 0 Å². The lowest BCUT2D eigenvalue weighted by atomic mass is 10.2. The summed E-state index contributed by atoms with van der Waals surface area (Å²) in [5.41, 5.74) is 6.26.